The van der Waals surface area contributed by atoms with E-state index in [1.165, 1.54) is 0 Å². The van der Waals surface area contributed by atoms with Crippen LogP contribution in [0.3, 0.4) is 0 Å². The van der Waals surface area contributed by atoms with Crippen LogP contribution in [0.5, 0.6) is 5.75 Å². The molecule has 9 heteroatoms. The SMILES string of the molecule is Cn1nccc1-c1cc(NC(=O)ON2CCc3c(Cl)cccc32)ccc1OCCN. The summed E-state index contributed by atoms with van der Waals surface area (Å²) in [5.41, 5.74) is 9.56. The van der Waals surface area contributed by atoms with E-state index in [1.54, 1.807) is 28.1 Å². The normalized spacial score (nSPS) is 12.6. The fraction of sp³-hybridized carbons (Fsp3) is 0.238. The van der Waals surface area contributed by atoms with E-state index >= 15 is 0 Å². The molecule has 3 N–H and O–H groups in total. The Morgan fingerprint density at radius 3 is 2.93 bits per heavy atom. The zero-order chi connectivity index (χ0) is 21.1. The number of nitrogens with two attached hydrogens (primary N) is 1. The number of carbonyl (C=O) groups is 1. The van der Waals surface area contributed by atoms with Crippen LogP contribution in [0, 0.1) is 0 Å². The Balaban J connectivity index is 1.52. The maximum absolute atomic E-state index is 12.5. The molecule has 2 heterocycles. The first-order valence-electron chi connectivity index (χ1n) is 9.56. The number of ether oxygens (including phenoxy) is 1. The summed E-state index contributed by atoms with van der Waals surface area (Å²) in [5.74, 6) is 0.658. The van der Waals surface area contributed by atoms with Crippen LogP contribution in [-0.4, -0.2) is 35.6 Å². The average Bonchev–Trinajstić information content (AvgIpc) is 3.34. The lowest BCUT2D eigenvalue weighted by atomic mass is 10.1. The Morgan fingerprint density at radius 1 is 1.30 bits per heavy atom. The molecule has 0 saturated carbocycles. The number of hydrogen-bond acceptors (Lipinski definition) is 6. The summed E-state index contributed by atoms with van der Waals surface area (Å²) in [6.07, 6.45) is 1.83. The molecule has 1 aliphatic rings. The molecule has 2 aromatic carbocycles. The third kappa shape index (κ3) is 4.05. The molecular formula is C21H22ClN5O3. The second-order valence-electron chi connectivity index (χ2n) is 6.78. The maximum atomic E-state index is 12.5. The smallest absolute Gasteiger partial charge is 0.436 e. The number of nitrogens with one attached hydrogen (secondary N) is 1. The third-order valence-corrected chi connectivity index (χ3v) is 5.17. The second kappa shape index (κ2) is 8.64. The predicted octanol–water partition coefficient (Wildman–Crippen LogP) is 3.60. The van der Waals surface area contributed by atoms with E-state index < -0.39 is 6.09 Å². The topological polar surface area (TPSA) is 94.6 Å². The minimum Gasteiger partial charge on any atom is -0.492 e. The molecule has 0 unspecified atom stereocenters. The van der Waals surface area contributed by atoms with Gasteiger partial charge in [-0.05, 0) is 48.4 Å². The van der Waals surface area contributed by atoms with Gasteiger partial charge in [-0.25, -0.2) is 9.86 Å². The van der Waals surface area contributed by atoms with Crippen molar-refractivity contribution in [3.63, 3.8) is 0 Å². The van der Waals surface area contributed by atoms with Crippen LogP contribution in [-0.2, 0) is 18.3 Å². The number of aryl methyl sites for hydroxylation is 1. The first kappa shape index (κ1) is 20.1. The average molecular weight is 428 g/mol. The van der Waals surface area contributed by atoms with Gasteiger partial charge in [0.15, 0.2) is 0 Å². The summed E-state index contributed by atoms with van der Waals surface area (Å²) < 4.78 is 7.49. The summed E-state index contributed by atoms with van der Waals surface area (Å²) in [6, 6.07) is 12.8. The molecular weight excluding hydrogens is 406 g/mol. The number of benzene rings is 2. The van der Waals surface area contributed by atoms with E-state index in [2.05, 4.69) is 10.4 Å². The number of carbonyl (C=O) groups excluding carboxylic acids is 1. The minimum atomic E-state index is -0.589. The van der Waals surface area contributed by atoms with Crippen LogP contribution in [0.4, 0.5) is 16.2 Å². The van der Waals surface area contributed by atoms with Crippen LogP contribution < -0.4 is 20.9 Å². The molecule has 156 valence electrons. The summed E-state index contributed by atoms with van der Waals surface area (Å²) in [6.45, 7) is 1.34. The standard InChI is InChI=1S/C21H22ClN5O3/c1-26-18(7-10-24-26)16-13-14(5-6-20(16)29-12-9-23)25-21(28)30-27-11-8-15-17(22)3-2-4-19(15)27/h2-7,10,13H,8-9,11-12,23H2,1H3,(H,25,28). The van der Waals surface area contributed by atoms with Gasteiger partial charge in [-0.2, -0.15) is 5.10 Å². The highest BCUT2D eigenvalue weighted by Crippen LogP contribution is 2.34. The van der Waals surface area contributed by atoms with Gasteiger partial charge >= 0.3 is 6.09 Å². The minimum absolute atomic E-state index is 0.386. The van der Waals surface area contributed by atoms with Crippen molar-refractivity contribution in [3.05, 3.63) is 59.2 Å². The van der Waals surface area contributed by atoms with Gasteiger partial charge in [0.1, 0.15) is 12.4 Å². The Morgan fingerprint density at radius 2 is 2.17 bits per heavy atom. The van der Waals surface area contributed by atoms with E-state index in [4.69, 9.17) is 26.9 Å². The molecule has 0 spiro atoms. The van der Waals surface area contributed by atoms with Gasteiger partial charge < -0.3 is 15.3 Å². The van der Waals surface area contributed by atoms with Gasteiger partial charge in [-0.15, -0.1) is 0 Å². The summed E-state index contributed by atoms with van der Waals surface area (Å²) in [7, 11) is 1.84. The van der Waals surface area contributed by atoms with Crippen LogP contribution in [0.15, 0.2) is 48.7 Å². The summed E-state index contributed by atoms with van der Waals surface area (Å²) in [5, 5.41) is 9.21. The Labute approximate surface area is 179 Å². The van der Waals surface area contributed by atoms with Gasteiger partial charge in [0.2, 0.25) is 0 Å². The molecule has 0 atom stereocenters. The Bertz CT molecular complexity index is 1070. The van der Waals surface area contributed by atoms with E-state index in [-0.39, 0.29) is 0 Å². The number of anilines is 2. The van der Waals surface area contributed by atoms with Gasteiger partial charge in [-0.3, -0.25) is 10.00 Å². The number of hydrogen-bond donors (Lipinski definition) is 2. The predicted molar refractivity (Wildman–Crippen MR) is 116 cm³/mol. The third-order valence-electron chi connectivity index (χ3n) is 4.82. The Kier molecular flexibility index (Phi) is 5.78. The number of fused-ring (bicyclic) bond motifs is 1. The molecule has 8 nitrogen and oxygen atoms in total. The summed E-state index contributed by atoms with van der Waals surface area (Å²) >= 11 is 6.22. The van der Waals surface area contributed by atoms with Crippen molar-refractivity contribution in [1.29, 1.82) is 0 Å². The molecule has 1 aliphatic heterocycles. The molecule has 3 aromatic rings. The van der Waals surface area contributed by atoms with Crippen LogP contribution >= 0.6 is 11.6 Å². The lowest BCUT2D eigenvalue weighted by Crippen LogP contribution is -2.28. The van der Waals surface area contributed by atoms with Crippen molar-refractivity contribution in [3.8, 4) is 17.0 Å². The Hall–Kier alpha value is -3.23. The lowest BCUT2D eigenvalue weighted by molar-refractivity contribution is 0.150. The largest absolute Gasteiger partial charge is 0.492 e. The number of rotatable bonds is 6. The van der Waals surface area contributed by atoms with Crippen molar-refractivity contribution < 1.29 is 14.4 Å². The fourth-order valence-corrected chi connectivity index (χ4v) is 3.70. The molecule has 0 bridgehead atoms. The zero-order valence-electron chi connectivity index (χ0n) is 16.5. The number of nitrogens with zero attached hydrogens (tertiary/aromatic N) is 3. The molecule has 0 saturated heterocycles. The number of hydroxylamine groups is 1. The molecule has 1 amide bonds. The maximum Gasteiger partial charge on any atom is 0.436 e. The van der Waals surface area contributed by atoms with Crippen molar-refractivity contribution in [2.75, 3.05) is 30.1 Å². The lowest BCUT2D eigenvalue weighted by Gasteiger charge is -2.19. The van der Waals surface area contributed by atoms with Crippen molar-refractivity contribution in [2.45, 2.75) is 6.42 Å². The molecule has 30 heavy (non-hydrogen) atoms. The van der Waals surface area contributed by atoms with Gasteiger partial charge in [-0.1, -0.05) is 17.7 Å². The van der Waals surface area contributed by atoms with Crippen molar-refractivity contribution in [1.82, 2.24) is 9.78 Å². The first-order valence-corrected chi connectivity index (χ1v) is 9.94. The monoisotopic (exact) mass is 427 g/mol. The highest BCUT2D eigenvalue weighted by molar-refractivity contribution is 6.31. The van der Waals surface area contributed by atoms with Gasteiger partial charge in [0.05, 0.1) is 17.9 Å². The fourth-order valence-electron chi connectivity index (χ4n) is 3.44. The van der Waals surface area contributed by atoms with E-state index in [1.807, 2.05) is 37.4 Å². The van der Waals surface area contributed by atoms with Gasteiger partial charge in [0.25, 0.3) is 0 Å². The van der Waals surface area contributed by atoms with E-state index in [0.29, 0.717) is 36.2 Å². The second-order valence-corrected chi connectivity index (χ2v) is 7.19. The van der Waals surface area contributed by atoms with Crippen molar-refractivity contribution in [2.24, 2.45) is 12.8 Å². The first-order chi connectivity index (χ1) is 14.6. The number of amides is 1. The highest BCUT2D eigenvalue weighted by Gasteiger charge is 2.24. The molecule has 0 fully saturated rings. The molecule has 1 aromatic heterocycles. The summed E-state index contributed by atoms with van der Waals surface area (Å²) in [4.78, 5) is 18.0. The molecule has 0 aliphatic carbocycles. The van der Waals surface area contributed by atoms with E-state index in [9.17, 15) is 4.79 Å². The molecule has 0 radical (unpaired) electrons. The van der Waals surface area contributed by atoms with E-state index in [0.717, 1.165) is 28.9 Å². The quantitative estimate of drug-likeness (QED) is 0.624. The van der Waals surface area contributed by atoms with Crippen LogP contribution in [0.1, 0.15) is 5.56 Å². The number of halogens is 1. The van der Waals surface area contributed by atoms with Crippen LogP contribution in [0.25, 0.3) is 11.3 Å². The highest BCUT2D eigenvalue weighted by atomic mass is 35.5. The number of aromatic nitrogens is 2. The molecule has 4 rings (SSSR count). The van der Waals surface area contributed by atoms with Gasteiger partial charge in [0, 0.05) is 36.1 Å². The van der Waals surface area contributed by atoms with Crippen molar-refractivity contribution >= 4 is 29.1 Å². The van der Waals surface area contributed by atoms with Crippen LogP contribution in [0.2, 0.25) is 5.02 Å². The zero-order valence-corrected chi connectivity index (χ0v) is 17.2.